The van der Waals surface area contributed by atoms with Crippen molar-refractivity contribution in [2.75, 3.05) is 13.1 Å². The molecule has 6 heteroatoms. The standard InChI is InChI=1S/C12H16BrN3O2/c13-10-7-14-9-16(12(10)18)8-11(17)15-5-3-1-2-4-6-15/h7,9H,1-6,8H2. The molecule has 1 aromatic heterocycles. The molecule has 0 bridgehead atoms. The van der Waals surface area contributed by atoms with E-state index in [1.54, 1.807) is 0 Å². The van der Waals surface area contributed by atoms with Crippen molar-refractivity contribution >= 4 is 21.8 Å². The van der Waals surface area contributed by atoms with E-state index < -0.39 is 0 Å². The molecule has 1 amide bonds. The van der Waals surface area contributed by atoms with Gasteiger partial charge in [0.25, 0.3) is 5.56 Å². The summed E-state index contributed by atoms with van der Waals surface area (Å²) < 4.78 is 1.73. The average Bonchev–Trinajstić information content (AvgIpc) is 2.63. The molecule has 0 N–H and O–H groups in total. The van der Waals surface area contributed by atoms with Crippen LogP contribution in [0.3, 0.4) is 0 Å². The predicted octanol–water partition coefficient (Wildman–Crippen LogP) is 1.41. The van der Waals surface area contributed by atoms with Crippen molar-refractivity contribution < 1.29 is 4.79 Å². The molecule has 0 unspecified atom stereocenters. The van der Waals surface area contributed by atoms with E-state index in [2.05, 4.69) is 20.9 Å². The Labute approximate surface area is 114 Å². The molecule has 0 saturated carbocycles. The van der Waals surface area contributed by atoms with Crippen LogP contribution in [0.15, 0.2) is 21.8 Å². The highest BCUT2D eigenvalue weighted by molar-refractivity contribution is 9.10. The molecule has 0 spiro atoms. The van der Waals surface area contributed by atoms with Gasteiger partial charge in [-0.15, -0.1) is 0 Å². The van der Waals surface area contributed by atoms with Gasteiger partial charge in [-0.05, 0) is 28.8 Å². The molecule has 5 nitrogen and oxygen atoms in total. The number of carbonyl (C=O) groups excluding carboxylic acids is 1. The minimum Gasteiger partial charge on any atom is -0.341 e. The summed E-state index contributed by atoms with van der Waals surface area (Å²) in [5, 5.41) is 0. The zero-order valence-electron chi connectivity index (χ0n) is 10.1. The molecule has 1 fully saturated rings. The minimum absolute atomic E-state index is 0.00102. The summed E-state index contributed by atoms with van der Waals surface area (Å²) in [5.41, 5.74) is -0.215. The largest absolute Gasteiger partial charge is 0.341 e. The molecule has 0 aliphatic carbocycles. The number of rotatable bonds is 2. The summed E-state index contributed by atoms with van der Waals surface area (Å²) >= 11 is 3.12. The Hall–Kier alpha value is -1.17. The summed E-state index contributed by atoms with van der Waals surface area (Å²) in [6, 6.07) is 0. The predicted molar refractivity (Wildman–Crippen MR) is 71.2 cm³/mol. The van der Waals surface area contributed by atoms with Crippen molar-refractivity contribution in [1.29, 1.82) is 0 Å². The first-order valence-corrected chi connectivity index (χ1v) is 6.95. The van der Waals surface area contributed by atoms with E-state index in [0.29, 0.717) is 4.47 Å². The highest BCUT2D eigenvalue weighted by Gasteiger charge is 2.16. The average molecular weight is 314 g/mol. The number of hydrogen-bond donors (Lipinski definition) is 0. The lowest BCUT2D eigenvalue weighted by atomic mass is 10.2. The molecule has 2 rings (SSSR count). The fourth-order valence-electron chi connectivity index (χ4n) is 2.10. The molecule has 18 heavy (non-hydrogen) atoms. The molecule has 1 aliphatic rings. The molecular formula is C12H16BrN3O2. The Balaban J connectivity index is 2.06. The van der Waals surface area contributed by atoms with Crippen LogP contribution in [0.4, 0.5) is 0 Å². The SMILES string of the molecule is O=C(Cn1cncc(Br)c1=O)N1CCCCCC1. The van der Waals surface area contributed by atoms with Gasteiger partial charge in [0.1, 0.15) is 11.0 Å². The zero-order valence-corrected chi connectivity index (χ0v) is 11.7. The summed E-state index contributed by atoms with van der Waals surface area (Å²) in [5.74, 6) is -0.00102. The van der Waals surface area contributed by atoms with Gasteiger partial charge in [-0.3, -0.25) is 14.2 Å². The highest BCUT2D eigenvalue weighted by atomic mass is 79.9. The van der Waals surface area contributed by atoms with Gasteiger partial charge in [0.2, 0.25) is 5.91 Å². The lowest BCUT2D eigenvalue weighted by molar-refractivity contribution is -0.131. The Bertz CT molecular complexity index is 478. The fraction of sp³-hybridized carbons (Fsp3) is 0.583. The van der Waals surface area contributed by atoms with E-state index in [9.17, 15) is 9.59 Å². The van der Waals surface area contributed by atoms with E-state index in [1.807, 2.05) is 4.90 Å². The van der Waals surface area contributed by atoms with Crippen molar-refractivity contribution in [3.63, 3.8) is 0 Å². The highest BCUT2D eigenvalue weighted by Crippen LogP contribution is 2.10. The molecule has 2 heterocycles. The van der Waals surface area contributed by atoms with Crippen molar-refractivity contribution in [2.24, 2.45) is 0 Å². The van der Waals surface area contributed by atoms with Crippen LogP contribution >= 0.6 is 15.9 Å². The summed E-state index contributed by atoms with van der Waals surface area (Å²) in [4.78, 5) is 29.6. The van der Waals surface area contributed by atoms with Crippen LogP contribution in [0.5, 0.6) is 0 Å². The maximum Gasteiger partial charge on any atom is 0.268 e. The van der Waals surface area contributed by atoms with E-state index in [4.69, 9.17) is 0 Å². The maximum atomic E-state index is 12.1. The smallest absolute Gasteiger partial charge is 0.268 e. The first-order chi connectivity index (χ1) is 8.68. The number of aromatic nitrogens is 2. The second-order valence-corrected chi connectivity index (χ2v) is 5.32. The second kappa shape index (κ2) is 6.13. The summed E-state index contributed by atoms with van der Waals surface area (Å²) in [6.07, 6.45) is 7.32. The van der Waals surface area contributed by atoms with Crippen molar-refractivity contribution in [1.82, 2.24) is 14.5 Å². The van der Waals surface area contributed by atoms with Crippen LogP contribution in [-0.2, 0) is 11.3 Å². The van der Waals surface area contributed by atoms with Crippen molar-refractivity contribution in [2.45, 2.75) is 32.2 Å². The summed E-state index contributed by atoms with van der Waals surface area (Å²) in [6.45, 7) is 1.68. The molecular weight excluding hydrogens is 298 g/mol. The van der Waals surface area contributed by atoms with Gasteiger partial charge in [-0.25, -0.2) is 4.98 Å². The minimum atomic E-state index is -0.215. The quantitative estimate of drug-likeness (QED) is 0.829. The third-order valence-electron chi connectivity index (χ3n) is 3.12. The number of likely N-dealkylation sites (tertiary alicyclic amines) is 1. The number of halogens is 1. The maximum absolute atomic E-state index is 12.1. The number of nitrogens with zero attached hydrogens (tertiary/aromatic N) is 3. The molecule has 1 aliphatic heterocycles. The first-order valence-electron chi connectivity index (χ1n) is 6.16. The number of hydrogen-bond acceptors (Lipinski definition) is 3. The van der Waals surface area contributed by atoms with Gasteiger partial charge in [0, 0.05) is 19.3 Å². The lowest BCUT2D eigenvalue weighted by Crippen LogP contribution is -2.37. The van der Waals surface area contributed by atoms with Crippen LogP contribution < -0.4 is 5.56 Å². The van der Waals surface area contributed by atoms with Crippen LogP contribution in [0.1, 0.15) is 25.7 Å². The van der Waals surface area contributed by atoms with Crippen LogP contribution in [0.2, 0.25) is 0 Å². The van der Waals surface area contributed by atoms with E-state index >= 15 is 0 Å². The molecule has 98 valence electrons. The second-order valence-electron chi connectivity index (χ2n) is 4.47. The van der Waals surface area contributed by atoms with Gasteiger partial charge in [-0.2, -0.15) is 0 Å². The van der Waals surface area contributed by atoms with Crippen LogP contribution in [0, 0.1) is 0 Å². The van der Waals surface area contributed by atoms with Crippen LogP contribution in [-0.4, -0.2) is 33.4 Å². The van der Waals surface area contributed by atoms with Gasteiger partial charge >= 0.3 is 0 Å². The molecule has 1 aromatic rings. The van der Waals surface area contributed by atoms with Gasteiger partial charge in [0.05, 0.1) is 6.33 Å². The monoisotopic (exact) mass is 313 g/mol. The first kappa shape index (κ1) is 13.3. The van der Waals surface area contributed by atoms with E-state index in [1.165, 1.54) is 29.9 Å². The normalized spacial score (nSPS) is 16.4. The van der Waals surface area contributed by atoms with E-state index in [0.717, 1.165) is 25.9 Å². The Kier molecular flexibility index (Phi) is 4.52. The van der Waals surface area contributed by atoms with Gasteiger partial charge < -0.3 is 4.90 Å². The topological polar surface area (TPSA) is 55.2 Å². The number of carbonyl (C=O) groups is 1. The molecule has 1 saturated heterocycles. The van der Waals surface area contributed by atoms with Crippen LogP contribution in [0.25, 0.3) is 0 Å². The van der Waals surface area contributed by atoms with Crippen molar-refractivity contribution in [3.05, 3.63) is 27.4 Å². The lowest BCUT2D eigenvalue weighted by Gasteiger charge is -2.20. The van der Waals surface area contributed by atoms with Gasteiger partial charge in [-0.1, -0.05) is 12.8 Å². The zero-order chi connectivity index (χ0) is 13.0. The Morgan fingerprint density at radius 2 is 1.94 bits per heavy atom. The fourth-order valence-corrected chi connectivity index (χ4v) is 2.45. The molecule has 0 radical (unpaired) electrons. The number of amides is 1. The van der Waals surface area contributed by atoms with E-state index in [-0.39, 0.29) is 18.0 Å². The molecule has 0 aromatic carbocycles. The third-order valence-corrected chi connectivity index (χ3v) is 3.67. The summed E-state index contributed by atoms with van der Waals surface area (Å²) in [7, 11) is 0. The molecule has 0 atom stereocenters. The third kappa shape index (κ3) is 3.19. The van der Waals surface area contributed by atoms with Crippen molar-refractivity contribution in [3.8, 4) is 0 Å². The van der Waals surface area contributed by atoms with Gasteiger partial charge in [0.15, 0.2) is 0 Å². The Morgan fingerprint density at radius 3 is 2.61 bits per heavy atom. The Morgan fingerprint density at radius 1 is 1.28 bits per heavy atom.